The van der Waals surface area contributed by atoms with E-state index >= 15 is 0 Å². The molecule has 0 radical (unpaired) electrons. The van der Waals surface area contributed by atoms with Crippen LogP contribution in [0.3, 0.4) is 0 Å². The number of hydrogen-bond donors (Lipinski definition) is 1. The monoisotopic (exact) mass is 288 g/mol. The van der Waals surface area contributed by atoms with Gasteiger partial charge >= 0.3 is 0 Å². The fraction of sp³-hybridized carbons (Fsp3) is 0.143. The molecule has 0 aliphatic carbocycles. The number of nitrogens with zero attached hydrogens (tertiary/aromatic N) is 1. The molecule has 2 aromatic rings. The van der Waals surface area contributed by atoms with Gasteiger partial charge in [0.15, 0.2) is 0 Å². The molecule has 0 saturated heterocycles. The van der Waals surface area contributed by atoms with Gasteiger partial charge in [-0.2, -0.15) is 5.26 Å². The van der Waals surface area contributed by atoms with Crippen molar-refractivity contribution in [2.45, 2.75) is 0 Å². The number of amides is 1. The molecule has 0 aliphatic heterocycles. The number of ether oxygens (including phenoxy) is 2. The van der Waals surface area contributed by atoms with Crippen molar-refractivity contribution < 1.29 is 14.3 Å². The zero-order valence-electron chi connectivity index (χ0n) is 11.0. The van der Waals surface area contributed by atoms with Gasteiger partial charge in [0.1, 0.15) is 22.6 Å². The van der Waals surface area contributed by atoms with Crippen molar-refractivity contribution in [2.75, 3.05) is 19.5 Å². The summed E-state index contributed by atoms with van der Waals surface area (Å²) in [5.74, 6) is 0.688. The zero-order chi connectivity index (χ0) is 14.5. The van der Waals surface area contributed by atoms with Gasteiger partial charge < -0.3 is 14.8 Å². The van der Waals surface area contributed by atoms with Gasteiger partial charge in [0.2, 0.25) is 0 Å². The number of nitriles is 1. The second-order valence-corrected chi connectivity index (χ2v) is 4.71. The third-order valence-corrected chi connectivity index (χ3v) is 3.50. The molecule has 2 rings (SSSR count). The van der Waals surface area contributed by atoms with Gasteiger partial charge in [-0.3, -0.25) is 4.79 Å². The van der Waals surface area contributed by atoms with Crippen molar-refractivity contribution in [3.05, 3.63) is 40.8 Å². The molecule has 0 fully saturated rings. The molecule has 1 heterocycles. The Bertz CT molecular complexity index is 673. The third kappa shape index (κ3) is 2.73. The smallest absolute Gasteiger partial charge is 0.260 e. The number of thiophene rings is 1. The Morgan fingerprint density at radius 1 is 1.30 bits per heavy atom. The van der Waals surface area contributed by atoms with Gasteiger partial charge in [0.25, 0.3) is 5.91 Å². The molecule has 1 N–H and O–H groups in total. The van der Waals surface area contributed by atoms with E-state index in [1.807, 2.05) is 6.07 Å². The van der Waals surface area contributed by atoms with E-state index in [1.165, 1.54) is 18.4 Å². The predicted molar refractivity (Wildman–Crippen MR) is 76.5 cm³/mol. The van der Waals surface area contributed by atoms with Gasteiger partial charge in [-0.15, -0.1) is 11.3 Å². The molecule has 1 amide bonds. The number of carbonyl (C=O) groups is 1. The maximum Gasteiger partial charge on any atom is 0.260 e. The number of anilines is 1. The standard InChI is InChI=1S/C14H12N2O3S/c1-18-10-3-4-11(12(7-10)19-2)13(17)16-14-9(8-15)5-6-20-14/h3-7H,1-2H3,(H,16,17). The highest BCUT2D eigenvalue weighted by molar-refractivity contribution is 7.14. The lowest BCUT2D eigenvalue weighted by Crippen LogP contribution is -2.13. The van der Waals surface area contributed by atoms with Crippen LogP contribution in [0, 0.1) is 11.3 Å². The lowest BCUT2D eigenvalue weighted by Gasteiger charge is -2.10. The summed E-state index contributed by atoms with van der Waals surface area (Å²) >= 11 is 1.30. The minimum absolute atomic E-state index is 0.330. The average molecular weight is 288 g/mol. The van der Waals surface area contributed by atoms with Gasteiger partial charge in [0, 0.05) is 6.07 Å². The Morgan fingerprint density at radius 2 is 2.10 bits per heavy atom. The van der Waals surface area contributed by atoms with E-state index in [-0.39, 0.29) is 5.91 Å². The van der Waals surface area contributed by atoms with E-state index in [9.17, 15) is 4.79 Å². The van der Waals surface area contributed by atoms with E-state index in [4.69, 9.17) is 14.7 Å². The van der Waals surface area contributed by atoms with Crippen LogP contribution in [0.1, 0.15) is 15.9 Å². The van der Waals surface area contributed by atoms with Crippen molar-refractivity contribution in [1.82, 2.24) is 0 Å². The van der Waals surface area contributed by atoms with Crippen molar-refractivity contribution in [1.29, 1.82) is 5.26 Å². The van der Waals surface area contributed by atoms with Gasteiger partial charge in [0.05, 0.1) is 25.3 Å². The highest BCUT2D eigenvalue weighted by atomic mass is 32.1. The Hall–Kier alpha value is -2.52. The van der Waals surface area contributed by atoms with Crippen LogP contribution in [0.5, 0.6) is 11.5 Å². The molecule has 0 saturated carbocycles. The molecule has 20 heavy (non-hydrogen) atoms. The summed E-state index contributed by atoms with van der Waals surface area (Å²) in [5.41, 5.74) is 0.821. The van der Waals surface area contributed by atoms with Crippen molar-refractivity contribution in [3.63, 3.8) is 0 Å². The summed E-state index contributed by atoms with van der Waals surface area (Å²) < 4.78 is 10.3. The SMILES string of the molecule is COc1ccc(C(=O)Nc2sccc2C#N)c(OC)c1. The maximum absolute atomic E-state index is 12.2. The quantitative estimate of drug-likeness (QED) is 0.939. The fourth-order valence-electron chi connectivity index (χ4n) is 1.65. The van der Waals surface area contributed by atoms with E-state index in [0.29, 0.717) is 27.6 Å². The Labute approximate surface area is 120 Å². The van der Waals surface area contributed by atoms with Gasteiger partial charge in [-0.05, 0) is 23.6 Å². The molecular formula is C14H12N2O3S. The molecule has 102 valence electrons. The van der Waals surface area contributed by atoms with Crippen LogP contribution in [0.4, 0.5) is 5.00 Å². The molecular weight excluding hydrogens is 276 g/mol. The number of methoxy groups -OCH3 is 2. The molecule has 0 atom stereocenters. The lowest BCUT2D eigenvalue weighted by molar-refractivity contribution is 0.102. The van der Waals surface area contributed by atoms with Crippen LogP contribution in [0.15, 0.2) is 29.6 Å². The highest BCUT2D eigenvalue weighted by Gasteiger charge is 2.15. The normalized spacial score (nSPS) is 9.65. The highest BCUT2D eigenvalue weighted by Crippen LogP contribution is 2.27. The van der Waals surface area contributed by atoms with E-state index < -0.39 is 0 Å². The second-order valence-electron chi connectivity index (χ2n) is 3.80. The molecule has 0 unspecified atom stereocenters. The first-order valence-corrected chi connectivity index (χ1v) is 6.58. The van der Waals surface area contributed by atoms with Gasteiger partial charge in [-0.1, -0.05) is 0 Å². The minimum atomic E-state index is -0.330. The topological polar surface area (TPSA) is 71.3 Å². The average Bonchev–Trinajstić information content (AvgIpc) is 2.93. The molecule has 5 nitrogen and oxygen atoms in total. The molecule has 0 aliphatic rings. The van der Waals surface area contributed by atoms with Crippen molar-refractivity contribution in [3.8, 4) is 17.6 Å². The molecule has 6 heteroatoms. The first kappa shape index (κ1) is 13.9. The van der Waals surface area contributed by atoms with E-state index in [1.54, 1.807) is 36.8 Å². The fourth-order valence-corrected chi connectivity index (χ4v) is 2.38. The van der Waals surface area contributed by atoms with Crippen LogP contribution in [0.2, 0.25) is 0 Å². The number of rotatable bonds is 4. The number of benzene rings is 1. The largest absolute Gasteiger partial charge is 0.497 e. The van der Waals surface area contributed by atoms with E-state index in [2.05, 4.69) is 5.32 Å². The number of hydrogen-bond acceptors (Lipinski definition) is 5. The Balaban J connectivity index is 2.28. The number of carbonyl (C=O) groups excluding carboxylic acids is 1. The molecule has 0 bridgehead atoms. The summed E-state index contributed by atoms with van der Waals surface area (Å²) in [7, 11) is 3.02. The first-order chi connectivity index (χ1) is 9.69. The summed E-state index contributed by atoms with van der Waals surface area (Å²) in [5, 5.41) is 13.9. The molecule has 1 aromatic carbocycles. The summed E-state index contributed by atoms with van der Waals surface area (Å²) in [4.78, 5) is 12.2. The van der Waals surface area contributed by atoms with Crippen LogP contribution in [0.25, 0.3) is 0 Å². The Morgan fingerprint density at radius 3 is 2.75 bits per heavy atom. The summed E-state index contributed by atoms with van der Waals surface area (Å²) in [6, 6.07) is 8.61. The van der Waals surface area contributed by atoms with Crippen LogP contribution >= 0.6 is 11.3 Å². The lowest BCUT2D eigenvalue weighted by atomic mass is 10.1. The van der Waals surface area contributed by atoms with Gasteiger partial charge in [-0.25, -0.2) is 0 Å². The molecule has 1 aromatic heterocycles. The second kappa shape index (κ2) is 6.08. The number of nitrogens with one attached hydrogen (secondary N) is 1. The predicted octanol–water partition coefficient (Wildman–Crippen LogP) is 2.89. The van der Waals surface area contributed by atoms with Crippen LogP contribution in [-0.2, 0) is 0 Å². The third-order valence-electron chi connectivity index (χ3n) is 2.67. The summed E-state index contributed by atoms with van der Waals surface area (Å²) in [6.07, 6.45) is 0. The minimum Gasteiger partial charge on any atom is -0.497 e. The molecule has 0 spiro atoms. The summed E-state index contributed by atoms with van der Waals surface area (Å²) in [6.45, 7) is 0. The first-order valence-electron chi connectivity index (χ1n) is 5.70. The van der Waals surface area contributed by atoms with Crippen LogP contribution in [-0.4, -0.2) is 20.1 Å². The zero-order valence-corrected chi connectivity index (χ0v) is 11.8. The van der Waals surface area contributed by atoms with E-state index in [0.717, 1.165) is 0 Å². The van der Waals surface area contributed by atoms with Crippen molar-refractivity contribution >= 4 is 22.2 Å². The van der Waals surface area contributed by atoms with Crippen LogP contribution < -0.4 is 14.8 Å². The van der Waals surface area contributed by atoms with Crippen molar-refractivity contribution in [2.24, 2.45) is 0 Å². The maximum atomic E-state index is 12.2. The Kier molecular flexibility index (Phi) is 4.23.